The summed E-state index contributed by atoms with van der Waals surface area (Å²) in [6.07, 6.45) is 0. The molecule has 2 rings (SSSR count). The molecule has 0 atom stereocenters. The van der Waals surface area contributed by atoms with Crippen LogP contribution < -0.4 is 4.72 Å². The first-order chi connectivity index (χ1) is 9.89. The Labute approximate surface area is 136 Å². The molecule has 0 bridgehead atoms. The molecule has 2 aromatic carbocycles. The maximum absolute atomic E-state index is 12.1. The van der Waals surface area contributed by atoms with Crippen molar-refractivity contribution in [1.82, 2.24) is 0 Å². The smallest absolute Gasteiger partial charge is 0.236 e. The van der Waals surface area contributed by atoms with Gasteiger partial charge in [0, 0.05) is 4.47 Å². The molecule has 0 saturated carbocycles. The van der Waals surface area contributed by atoms with Gasteiger partial charge in [0.25, 0.3) is 0 Å². The third-order valence-corrected chi connectivity index (χ3v) is 4.69. The van der Waals surface area contributed by atoms with Crippen LogP contribution in [0.4, 0.5) is 5.69 Å². The fourth-order valence-electron chi connectivity index (χ4n) is 1.67. The Balaban J connectivity index is 2.16. The number of benzene rings is 2. The quantitative estimate of drug-likeness (QED) is 0.867. The minimum atomic E-state index is -3.58. The molecule has 0 aliphatic rings. The van der Waals surface area contributed by atoms with Crippen LogP contribution in [-0.4, -0.2) is 8.42 Å². The second kappa shape index (κ2) is 6.48. The molecule has 0 aliphatic heterocycles. The van der Waals surface area contributed by atoms with Crippen LogP contribution >= 0.6 is 27.5 Å². The van der Waals surface area contributed by atoms with Crippen LogP contribution in [0.25, 0.3) is 0 Å². The van der Waals surface area contributed by atoms with E-state index in [1.165, 1.54) is 0 Å². The largest absolute Gasteiger partial charge is 0.282 e. The number of nitriles is 1. The van der Waals surface area contributed by atoms with Gasteiger partial charge < -0.3 is 0 Å². The number of nitrogens with zero attached hydrogens (tertiary/aromatic N) is 1. The lowest BCUT2D eigenvalue weighted by atomic mass is 10.2. The molecular weight excluding hydrogens is 376 g/mol. The van der Waals surface area contributed by atoms with Gasteiger partial charge in [0.2, 0.25) is 10.0 Å². The second-order valence-electron chi connectivity index (χ2n) is 4.29. The molecule has 4 nitrogen and oxygen atoms in total. The molecule has 0 fully saturated rings. The standard InChI is InChI=1S/C14H10BrClN2O2S/c15-12-5-6-14(13(16)7-12)18-21(19,20)9-11-3-1-10(8-17)2-4-11/h1-7,18H,9H2. The summed E-state index contributed by atoms with van der Waals surface area (Å²) >= 11 is 9.24. The average Bonchev–Trinajstić information content (AvgIpc) is 2.42. The lowest BCUT2D eigenvalue weighted by Crippen LogP contribution is -2.15. The normalized spacial score (nSPS) is 10.9. The number of rotatable bonds is 4. The zero-order valence-electron chi connectivity index (χ0n) is 10.7. The molecule has 2 aromatic rings. The number of sulfonamides is 1. The number of halogens is 2. The Hall–Kier alpha value is -1.55. The van der Waals surface area contributed by atoms with Crippen LogP contribution in [0, 0.1) is 11.3 Å². The SMILES string of the molecule is N#Cc1ccc(CS(=O)(=O)Nc2ccc(Br)cc2Cl)cc1. The van der Waals surface area contributed by atoms with Crippen molar-refractivity contribution < 1.29 is 8.42 Å². The third-order valence-electron chi connectivity index (χ3n) is 2.64. The van der Waals surface area contributed by atoms with Gasteiger partial charge in [-0.05, 0) is 35.9 Å². The van der Waals surface area contributed by atoms with Gasteiger partial charge in [-0.15, -0.1) is 0 Å². The van der Waals surface area contributed by atoms with E-state index >= 15 is 0 Å². The van der Waals surface area contributed by atoms with Crippen molar-refractivity contribution in [2.24, 2.45) is 0 Å². The molecular formula is C14H10BrClN2O2S. The topological polar surface area (TPSA) is 70.0 Å². The first kappa shape index (κ1) is 15.8. The molecule has 0 aromatic heterocycles. The van der Waals surface area contributed by atoms with Gasteiger partial charge in [0.1, 0.15) is 0 Å². The average molecular weight is 386 g/mol. The van der Waals surface area contributed by atoms with Gasteiger partial charge in [-0.2, -0.15) is 5.26 Å². The van der Waals surface area contributed by atoms with Crippen molar-refractivity contribution in [2.75, 3.05) is 4.72 Å². The highest BCUT2D eigenvalue weighted by Crippen LogP contribution is 2.27. The Bertz CT molecular complexity index is 799. The Morgan fingerprint density at radius 1 is 1.19 bits per heavy atom. The van der Waals surface area contributed by atoms with Crippen molar-refractivity contribution in [2.45, 2.75) is 5.75 Å². The fraction of sp³-hybridized carbons (Fsp3) is 0.0714. The first-order valence-corrected chi connectivity index (χ1v) is 8.66. The zero-order chi connectivity index (χ0) is 15.5. The van der Waals surface area contributed by atoms with E-state index < -0.39 is 10.0 Å². The predicted molar refractivity (Wildman–Crippen MR) is 86.6 cm³/mol. The highest BCUT2D eigenvalue weighted by molar-refractivity contribution is 9.10. The van der Waals surface area contributed by atoms with Gasteiger partial charge in [-0.1, -0.05) is 39.7 Å². The molecule has 0 heterocycles. The van der Waals surface area contributed by atoms with E-state index in [2.05, 4.69) is 20.7 Å². The number of hydrogen-bond donors (Lipinski definition) is 1. The predicted octanol–water partition coefficient (Wildman–Crippen LogP) is 3.92. The molecule has 21 heavy (non-hydrogen) atoms. The van der Waals surface area contributed by atoms with E-state index in [0.717, 1.165) is 4.47 Å². The minimum absolute atomic E-state index is 0.189. The molecule has 0 spiro atoms. The van der Waals surface area contributed by atoms with Crippen LogP contribution in [0.15, 0.2) is 46.9 Å². The first-order valence-electron chi connectivity index (χ1n) is 5.84. The van der Waals surface area contributed by atoms with Crippen molar-refractivity contribution in [3.05, 3.63) is 63.1 Å². The lowest BCUT2D eigenvalue weighted by Gasteiger charge is -2.10. The summed E-state index contributed by atoms with van der Waals surface area (Å²) in [5, 5.41) is 9.02. The minimum Gasteiger partial charge on any atom is -0.282 e. The van der Waals surface area contributed by atoms with E-state index in [1.54, 1.807) is 42.5 Å². The fourth-order valence-corrected chi connectivity index (χ4v) is 3.66. The monoisotopic (exact) mass is 384 g/mol. The Morgan fingerprint density at radius 2 is 1.86 bits per heavy atom. The van der Waals surface area contributed by atoms with Gasteiger partial charge in [-0.25, -0.2) is 8.42 Å². The molecule has 0 saturated heterocycles. The van der Waals surface area contributed by atoms with Crippen LogP contribution in [0.2, 0.25) is 5.02 Å². The summed E-state index contributed by atoms with van der Waals surface area (Å²) in [6, 6.07) is 13.3. The van der Waals surface area contributed by atoms with Gasteiger partial charge in [0.15, 0.2) is 0 Å². The lowest BCUT2D eigenvalue weighted by molar-refractivity contribution is 0.600. The van der Waals surface area contributed by atoms with Crippen molar-refractivity contribution >= 4 is 43.2 Å². The molecule has 0 radical (unpaired) electrons. The number of anilines is 1. The van der Waals surface area contributed by atoms with Crippen molar-refractivity contribution in [1.29, 1.82) is 5.26 Å². The maximum atomic E-state index is 12.1. The van der Waals surface area contributed by atoms with Gasteiger partial charge >= 0.3 is 0 Å². The summed E-state index contributed by atoms with van der Waals surface area (Å²) < 4.78 is 27.4. The van der Waals surface area contributed by atoms with E-state index in [4.69, 9.17) is 16.9 Å². The van der Waals surface area contributed by atoms with Crippen LogP contribution in [0.5, 0.6) is 0 Å². The summed E-state index contributed by atoms with van der Waals surface area (Å²) in [7, 11) is -3.58. The van der Waals surface area contributed by atoms with Gasteiger partial charge in [-0.3, -0.25) is 4.72 Å². The van der Waals surface area contributed by atoms with E-state index in [9.17, 15) is 8.42 Å². The highest BCUT2D eigenvalue weighted by atomic mass is 79.9. The number of hydrogen-bond acceptors (Lipinski definition) is 3. The molecule has 7 heteroatoms. The molecule has 0 unspecified atom stereocenters. The zero-order valence-corrected chi connectivity index (χ0v) is 13.8. The maximum Gasteiger partial charge on any atom is 0.236 e. The molecule has 108 valence electrons. The second-order valence-corrected chi connectivity index (χ2v) is 7.34. The van der Waals surface area contributed by atoms with Crippen molar-refractivity contribution in [3.63, 3.8) is 0 Å². The van der Waals surface area contributed by atoms with Gasteiger partial charge in [0.05, 0.1) is 28.1 Å². The van der Waals surface area contributed by atoms with Crippen LogP contribution in [0.1, 0.15) is 11.1 Å². The third kappa shape index (κ3) is 4.46. The summed E-state index contributed by atoms with van der Waals surface area (Å²) in [6.45, 7) is 0. The summed E-state index contributed by atoms with van der Waals surface area (Å²) in [5.41, 5.74) is 1.41. The van der Waals surface area contributed by atoms with Crippen LogP contribution in [0.3, 0.4) is 0 Å². The van der Waals surface area contributed by atoms with E-state index in [0.29, 0.717) is 21.8 Å². The van der Waals surface area contributed by atoms with Crippen molar-refractivity contribution in [3.8, 4) is 6.07 Å². The Morgan fingerprint density at radius 3 is 2.43 bits per heavy atom. The molecule has 0 aliphatic carbocycles. The number of nitrogens with one attached hydrogen (secondary N) is 1. The van der Waals surface area contributed by atoms with E-state index in [1.807, 2.05) is 6.07 Å². The summed E-state index contributed by atoms with van der Waals surface area (Å²) in [5.74, 6) is -0.189. The van der Waals surface area contributed by atoms with E-state index in [-0.39, 0.29) is 5.75 Å². The summed E-state index contributed by atoms with van der Waals surface area (Å²) in [4.78, 5) is 0. The molecule has 1 N–H and O–H groups in total. The highest BCUT2D eigenvalue weighted by Gasteiger charge is 2.13. The Kier molecular flexibility index (Phi) is 4.88. The molecule has 0 amide bonds. The van der Waals surface area contributed by atoms with Crippen LogP contribution in [-0.2, 0) is 15.8 Å².